The van der Waals surface area contributed by atoms with E-state index in [1.54, 1.807) is 0 Å². The smallest absolute Gasteiger partial charge is 0.151 e. The molecule has 0 atom stereocenters. The first kappa shape index (κ1) is 11.6. The van der Waals surface area contributed by atoms with Crippen LogP contribution in [0.1, 0.15) is 6.42 Å². The number of nitrogens with one attached hydrogen (secondary N) is 1. The standard InChI is InChI=1S/C15H15N3O/c16-15(17)9-10-18-11-5-1-3-7-13(11)19-14-8-4-2-6-12(14)18/h1-8H,9-10H2,(H3,16,17). The first-order valence-corrected chi connectivity index (χ1v) is 6.22. The van der Waals surface area contributed by atoms with Gasteiger partial charge in [-0.05, 0) is 24.3 Å². The van der Waals surface area contributed by atoms with Crippen LogP contribution in [-0.4, -0.2) is 12.4 Å². The van der Waals surface area contributed by atoms with E-state index in [1.165, 1.54) is 0 Å². The summed E-state index contributed by atoms with van der Waals surface area (Å²) in [5.74, 6) is 1.87. The minimum Gasteiger partial charge on any atom is -0.453 e. The Kier molecular flexibility index (Phi) is 2.83. The number of rotatable bonds is 3. The lowest BCUT2D eigenvalue weighted by Crippen LogP contribution is -2.26. The van der Waals surface area contributed by atoms with E-state index in [-0.39, 0.29) is 5.84 Å². The summed E-state index contributed by atoms with van der Waals surface area (Å²) in [6, 6.07) is 15.8. The second-order valence-corrected chi connectivity index (χ2v) is 4.46. The molecule has 2 aromatic rings. The SMILES string of the molecule is N=C(N)CCN1c2ccccc2Oc2ccccc21. The maximum Gasteiger partial charge on any atom is 0.151 e. The third-order valence-electron chi connectivity index (χ3n) is 3.14. The van der Waals surface area contributed by atoms with Gasteiger partial charge >= 0.3 is 0 Å². The average molecular weight is 253 g/mol. The van der Waals surface area contributed by atoms with E-state index in [9.17, 15) is 0 Å². The van der Waals surface area contributed by atoms with Crippen LogP contribution in [0.15, 0.2) is 48.5 Å². The molecule has 0 spiro atoms. The fraction of sp³-hybridized carbons (Fsp3) is 0.133. The van der Waals surface area contributed by atoms with Crippen LogP contribution in [0.5, 0.6) is 11.5 Å². The van der Waals surface area contributed by atoms with E-state index >= 15 is 0 Å². The molecular formula is C15H15N3O. The molecule has 3 N–H and O–H groups in total. The van der Waals surface area contributed by atoms with Crippen LogP contribution >= 0.6 is 0 Å². The van der Waals surface area contributed by atoms with Crippen molar-refractivity contribution in [3.05, 3.63) is 48.5 Å². The lowest BCUT2D eigenvalue weighted by Gasteiger charge is -2.32. The number of nitrogens with two attached hydrogens (primary N) is 1. The molecule has 2 aromatic carbocycles. The predicted octanol–water partition coefficient (Wildman–Crippen LogP) is 3.26. The Morgan fingerprint density at radius 2 is 1.53 bits per heavy atom. The van der Waals surface area contributed by atoms with Crippen molar-refractivity contribution in [2.45, 2.75) is 6.42 Å². The molecule has 4 heteroatoms. The predicted molar refractivity (Wildman–Crippen MR) is 76.5 cm³/mol. The summed E-state index contributed by atoms with van der Waals surface area (Å²) in [7, 11) is 0. The average Bonchev–Trinajstić information content (AvgIpc) is 2.43. The summed E-state index contributed by atoms with van der Waals surface area (Å²) in [5, 5.41) is 7.40. The van der Waals surface area contributed by atoms with Gasteiger partial charge in [-0.2, -0.15) is 0 Å². The largest absolute Gasteiger partial charge is 0.453 e. The fourth-order valence-corrected chi connectivity index (χ4v) is 2.25. The van der Waals surface area contributed by atoms with Gasteiger partial charge in [0.1, 0.15) is 0 Å². The van der Waals surface area contributed by atoms with E-state index in [0.717, 1.165) is 22.9 Å². The molecule has 0 aliphatic carbocycles. The second-order valence-electron chi connectivity index (χ2n) is 4.46. The molecule has 0 unspecified atom stereocenters. The molecule has 0 bridgehead atoms. The molecule has 3 rings (SSSR count). The molecule has 0 aromatic heterocycles. The number of hydrogen-bond donors (Lipinski definition) is 2. The zero-order valence-corrected chi connectivity index (χ0v) is 10.5. The summed E-state index contributed by atoms with van der Waals surface area (Å²) >= 11 is 0. The highest BCUT2D eigenvalue weighted by atomic mass is 16.5. The molecule has 19 heavy (non-hydrogen) atoms. The Labute approximate surface area is 111 Å². The van der Waals surface area contributed by atoms with Crippen LogP contribution < -0.4 is 15.4 Å². The van der Waals surface area contributed by atoms with E-state index in [1.807, 2.05) is 48.5 Å². The highest BCUT2D eigenvalue weighted by Gasteiger charge is 2.23. The van der Waals surface area contributed by atoms with Crippen LogP contribution in [0, 0.1) is 5.41 Å². The zero-order chi connectivity index (χ0) is 13.2. The van der Waals surface area contributed by atoms with E-state index < -0.39 is 0 Å². The van der Waals surface area contributed by atoms with Crippen molar-refractivity contribution in [1.29, 1.82) is 5.41 Å². The van der Waals surface area contributed by atoms with Gasteiger partial charge in [-0.25, -0.2) is 0 Å². The lowest BCUT2D eigenvalue weighted by atomic mass is 10.1. The van der Waals surface area contributed by atoms with Gasteiger partial charge in [0.15, 0.2) is 11.5 Å². The normalized spacial score (nSPS) is 12.3. The number of anilines is 2. The van der Waals surface area contributed by atoms with E-state index in [0.29, 0.717) is 13.0 Å². The number of fused-ring (bicyclic) bond motifs is 2. The van der Waals surface area contributed by atoms with Gasteiger partial charge in [-0.3, -0.25) is 5.41 Å². The Balaban J connectivity index is 2.03. The molecular weight excluding hydrogens is 238 g/mol. The Bertz CT molecular complexity index is 579. The van der Waals surface area contributed by atoms with Gasteiger partial charge in [0.05, 0.1) is 17.2 Å². The summed E-state index contributed by atoms with van der Waals surface area (Å²) < 4.78 is 5.89. The molecule has 0 saturated heterocycles. The molecule has 4 nitrogen and oxygen atoms in total. The van der Waals surface area contributed by atoms with Gasteiger partial charge in [0.2, 0.25) is 0 Å². The first-order valence-electron chi connectivity index (χ1n) is 6.22. The molecule has 96 valence electrons. The van der Waals surface area contributed by atoms with Crippen molar-refractivity contribution in [2.75, 3.05) is 11.4 Å². The Morgan fingerprint density at radius 3 is 2.05 bits per heavy atom. The minimum atomic E-state index is 0.196. The first-order chi connectivity index (χ1) is 9.25. The molecule has 1 aliphatic rings. The summed E-state index contributed by atoms with van der Waals surface area (Å²) in [4.78, 5) is 2.15. The number of para-hydroxylation sites is 4. The second kappa shape index (κ2) is 4.65. The van der Waals surface area contributed by atoms with Gasteiger partial charge in [0.25, 0.3) is 0 Å². The van der Waals surface area contributed by atoms with Crippen molar-refractivity contribution in [3.63, 3.8) is 0 Å². The number of nitrogens with zero attached hydrogens (tertiary/aromatic N) is 1. The lowest BCUT2D eigenvalue weighted by molar-refractivity contribution is 0.473. The van der Waals surface area contributed by atoms with Gasteiger partial charge in [0, 0.05) is 13.0 Å². The van der Waals surface area contributed by atoms with Crippen LogP contribution in [-0.2, 0) is 0 Å². The van der Waals surface area contributed by atoms with Crippen molar-refractivity contribution in [2.24, 2.45) is 5.73 Å². The molecule has 0 saturated carbocycles. The van der Waals surface area contributed by atoms with Crippen molar-refractivity contribution in [3.8, 4) is 11.5 Å². The third kappa shape index (κ3) is 2.12. The molecule has 0 fully saturated rings. The van der Waals surface area contributed by atoms with Crippen molar-refractivity contribution < 1.29 is 4.74 Å². The summed E-state index contributed by atoms with van der Waals surface area (Å²) in [6.45, 7) is 0.673. The molecule has 0 radical (unpaired) electrons. The van der Waals surface area contributed by atoms with Crippen molar-refractivity contribution in [1.82, 2.24) is 0 Å². The minimum absolute atomic E-state index is 0.196. The van der Waals surface area contributed by atoms with Gasteiger partial charge in [-0.1, -0.05) is 24.3 Å². The highest BCUT2D eigenvalue weighted by Crippen LogP contribution is 2.46. The number of benzene rings is 2. The van der Waals surface area contributed by atoms with Crippen LogP contribution in [0.2, 0.25) is 0 Å². The van der Waals surface area contributed by atoms with Crippen LogP contribution in [0.25, 0.3) is 0 Å². The van der Waals surface area contributed by atoms with Gasteiger partial charge < -0.3 is 15.4 Å². The summed E-state index contributed by atoms with van der Waals surface area (Å²) in [6.07, 6.45) is 0.530. The summed E-state index contributed by atoms with van der Waals surface area (Å²) in [5.41, 5.74) is 7.51. The zero-order valence-electron chi connectivity index (χ0n) is 10.5. The van der Waals surface area contributed by atoms with E-state index in [2.05, 4.69) is 4.90 Å². The Morgan fingerprint density at radius 1 is 1.00 bits per heavy atom. The van der Waals surface area contributed by atoms with Crippen LogP contribution in [0.3, 0.4) is 0 Å². The topological polar surface area (TPSA) is 62.3 Å². The number of amidine groups is 1. The fourth-order valence-electron chi connectivity index (χ4n) is 2.25. The van der Waals surface area contributed by atoms with E-state index in [4.69, 9.17) is 15.9 Å². The molecule has 1 heterocycles. The third-order valence-corrected chi connectivity index (χ3v) is 3.14. The molecule has 1 aliphatic heterocycles. The monoisotopic (exact) mass is 253 g/mol. The van der Waals surface area contributed by atoms with Crippen LogP contribution in [0.4, 0.5) is 11.4 Å². The molecule has 0 amide bonds. The number of ether oxygens (including phenoxy) is 1. The van der Waals surface area contributed by atoms with Gasteiger partial charge in [-0.15, -0.1) is 0 Å². The Hall–Kier alpha value is -2.49. The number of hydrogen-bond acceptors (Lipinski definition) is 3. The van der Waals surface area contributed by atoms with Crippen molar-refractivity contribution >= 4 is 17.2 Å². The maximum absolute atomic E-state index is 7.40. The quantitative estimate of drug-likeness (QED) is 0.652. The highest BCUT2D eigenvalue weighted by molar-refractivity contribution is 5.81. The maximum atomic E-state index is 7.40.